The average Bonchev–Trinajstić information content (AvgIpc) is 3.53. The highest BCUT2D eigenvalue weighted by Crippen LogP contribution is 2.38. The van der Waals surface area contributed by atoms with Crippen molar-refractivity contribution in [2.24, 2.45) is 11.8 Å². The Hall–Kier alpha value is -3.93. The van der Waals surface area contributed by atoms with Gasteiger partial charge < -0.3 is 16.0 Å². The molecular formula is C26H25N3O3. The molecule has 2 unspecified atom stereocenters. The van der Waals surface area contributed by atoms with Gasteiger partial charge in [0.15, 0.2) is 0 Å². The second kappa shape index (κ2) is 9.06. The second-order valence-corrected chi connectivity index (χ2v) is 8.19. The van der Waals surface area contributed by atoms with Gasteiger partial charge in [-0.3, -0.25) is 14.4 Å². The Morgan fingerprint density at radius 3 is 2.12 bits per heavy atom. The molecule has 1 aliphatic rings. The van der Waals surface area contributed by atoms with E-state index in [1.807, 2.05) is 26.0 Å². The fourth-order valence-electron chi connectivity index (χ4n) is 3.48. The number of rotatable bonds is 6. The van der Waals surface area contributed by atoms with Crippen molar-refractivity contribution < 1.29 is 14.4 Å². The van der Waals surface area contributed by atoms with Crippen LogP contribution in [0.2, 0.25) is 0 Å². The van der Waals surface area contributed by atoms with Crippen LogP contribution < -0.4 is 16.0 Å². The van der Waals surface area contributed by atoms with E-state index in [0.29, 0.717) is 34.1 Å². The maximum absolute atomic E-state index is 12.8. The molecule has 3 aromatic carbocycles. The summed E-state index contributed by atoms with van der Waals surface area (Å²) in [6.07, 6.45) is 0.905. The van der Waals surface area contributed by atoms with Crippen LogP contribution in [-0.4, -0.2) is 17.7 Å². The van der Waals surface area contributed by atoms with Crippen LogP contribution in [-0.2, 0) is 4.79 Å². The summed E-state index contributed by atoms with van der Waals surface area (Å²) in [4.78, 5) is 37.4. The number of hydrogen-bond acceptors (Lipinski definition) is 3. The van der Waals surface area contributed by atoms with Crippen molar-refractivity contribution in [3.63, 3.8) is 0 Å². The molecule has 0 heterocycles. The van der Waals surface area contributed by atoms with Crippen molar-refractivity contribution in [1.29, 1.82) is 0 Å². The van der Waals surface area contributed by atoms with Gasteiger partial charge in [0.25, 0.3) is 11.8 Å². The molecule has 4 rings (SSSR count). The lowest BCUT2D eigenvalue weighted by atomic mass is 10.1. The van der Waals surface area contributed by atoms with Gasteiger partial charge in [0.2, 0.25) is 5.91 Å². The Bertz CT molecular complexity index is 1170. The van der Waals surface area contributed by atoms with Crippen LogP contribution >= 0.6 is 0 Å². The quantitative estimate of drug-likeness (QED) is 0.512. The van der Waals surface area contributed by atoms with Crippen molar-refractivity contribution >= 4 is 34.8 Å². The van der Waals surface area contributed by atoms with Gasteiger partial charge in [0, 0.05) is 34.1 Å². The molecule has 0 spiro atoms. The third-order valence-electron chi connectivity index (χ3n) is 5.62. The van der Waals surface area contributed by atoms with E-state index in [1.165, 1.54) is 0 Å². The van der Waals surface area contributed by atoms with E-state index < -0.39 is 0 Å². The molecule has 6 nitrogen and oxygen atoms in total. The van der Waals surface area contributed by atoms with E-state index in [0.717, 1.165) is 12.0 Å². The summed E-state index contributed by atoms with van der Waals surface area (Å²) in [5.41, 5.74) is 3.63. The fourth-order valence-corrected chi connectivity index (χ4v) is 3.48. The normalized spacial score (nSPS) is 16.7. The van der Waals surface area contributed by atoms with Crippen LogP contribution in [0.15, 0.2) is 72.8 Å². The minimum atomic E-state index is -0.296. The van der Waals surface area contributed by atoms with Crippen LogP contribution in [0.5, 0.6) is 0 Å². The maximum atomic E-state index is 12.8. The summed E-state index contributed by atoms with van der Waals surface area (Å²) in [6.45, 7) is 3.93. The Labute approximate surface area is 187 Å². The number of anilines is 3. The van der Waals surface area contributed by atoms with E-state index >= 15 is 0 Å². The molecule has 6 heteroatoms. The smallest absolute Gasteiger partial charge is 0.255 e. The van der Waals surface area contributed by atoms with Gasteiger partial charge in [-0.25, -0.2) is 0 Å². The second-order valence-electron chi connectivity index (χ2n) is 8.19. The number of nitrogens with one attached hydrogen (secondary N) is 3. The van der Waals surface area contributed by atoms with E-state index in [4.69, 9.17) is 0 Å². The van der Waals surface area contributed by atoms with Gasteiger partial charge in [-0.1, -0.05) is 37.3 Å². The van der Waals surface area contributed by atoms with E-state index in [9.17, 15) is 14.4 Å². The number of carbonyl (C=O) groups is 3. The average molecular weight is 428 g/mol. The molecule has 3 N–H and O–H groups in total. The lowest BCUT2D eigenvalue weighted by molar-refractivity contribution is -0.117. The van der Waals surface area contributed by atoms with Gasteiger partial charge in [-0.05, 0) is 67.3 Å². The van der Waals surface area contributed by atoms with Crippen LogP contribution in [0.25, 0.3) is 0 Å². The largest absolute Gasteiger partial charge is 0.326 e. The first kappa shape index (κ1) is 21.3. The molecule has 1 fully saturated rings. The number of hydrogen-bond donors (Lipinski definition) is 3. The van der Waals surface area contributed by atoms with Crippen LogP contribution in [0.3, 0.4) is 0 Å². The predicted molar refractivity (Wildman–Crippen MR) is 126 cm³/mol. The monoisotopic (exact) mass is 427 g/mol. The Morgan fingerprint density at radius 1 is 0.750 bits per heavy atom. The van der Waals surface area contributed by atoms with Crippen molar-refractivity contribution in [1.82, 2.24) is 0 Å². The van der Waals surface area contributed by atoms with Crippen LogP contribution in [0.1, 0.15) is 39.6 Å². The van der Waals surface area contributed by atoms with Gasteiger partial charge in [0.05, 0.1) is 0 Å². The summed E-state index contributed by atoms with van der Waals surface area (Å²) < 4.78 is 0. The van der Waals surface area contributed by atoms with Crippen molar-refractivity contribution in [2.75, 3.05) is 16.0 Å². The summed E-state index contributed by atoms with van der Waals surface area (Å²) in [6, 6.07) is 21.2. The molecule has 3 aromatic rings. The predicted octanol–water partition coefficient (Wildman–Crippen LogP) is 5.09. The number of amides is 3. The van der Waals surface area contributed by atoms with Gasteiger partial charge in [-0.2, -0.15) is 0 Å². The number of benzene rings is 3. The summed E-state index contributed by atoms with van der Waals surface area (Å²) in [5.74, 6) is -0.0495. The molecule has 0 aliphatic heterocycles. The molecule has 162 valence electrons. The molecular weight excluding hydrogens is 402 g/mol. The topological polar surface area (TPSA) is 87.3 Å². The van der Waals surface area contributed by atoms with Gasteiger partial charge >= 0.3 is 0 Å². The van der Waals surface area contributed by atoms with E-state index in [1.54, 1.807) is 60.7 Å². The van der Waals surface area contributed by atoms with Crippen LogP contribution in [0, 0.1) is 18.8 Å². The third kappa shape index (κ3) is 5.03. The highest BCUT2D eigenvalue weighted by Gasteiger charge is 2.39. The number of carbonyl (C=O) groups excluding carboxylic acids is 3. The lowest BCUT2D eigenvalue weighted by Crippen LogP contribution is -2.17. The first-order valence-corrected chi connectivity index (χ1v) is 10.6. The minimum Gasteiger partial charge on any atom is -0.326 e. The summed E-state index contributed by atoms with van der Waals surface area (Å²) in [5, 5.41) is 8.64. The Kier molecular flexibility index (Phi) is 6.03. The molecule has 0 aromatic heterocycles. The van der Waals surface area contributed by atoms with E-state index in [-0.39, 0.29) is 23.6 Å². The van der Waals surface area contributed by atoms with Crippen molar-refractivity contribution in [3.8, 4) is 0 Å². The SMILES string of the molecule is Cc1ccc(NC(=O)c2ccccc2)cc1NC(=O)c1cccc(NC(=O)C2CC2C)c1. The summed E-state index contributed by atoms with van der Waals surface area (Å²) in [7, 11) is 0. The zero-order chi connectivity index (χ0) is 22.7. The van der Waals surface area contributed by atoms with E-state index in [2.05, 4.69) is 16.0 Å². The fraction of sp³-hybridized carbons (Fsp3) is 0.192. The lowest BCUT2D eigenvalue weighted by Gasteiger charge is -2.12. The van der Waals surface area contributed by atoms with Crippen LogP contribution in [0.4, 0.5) is 17.1 Å². The zero-order valence-electron chi connectivity index (χ0n) is 18.0. The Morgan fingerprint density at radius 2 is 1.41 bits per heavy atom. The molecule has 32 heavy (non-hydrogen) atoms. The first-order valence-electron chi connectivity index (χ1n) is 10.6. The Balaban J connectivity index is 1.45. The standard InChI is InChI=1S/C26H25N3O3/c1-16-11-12-21(27-24(30)18-7-4-3-5-8-18)15-23(16)29-25(31)19-9-6-10-20(14-19)28-26(32)22-13-17(22)2/h3-12,14-15,17,22H,13H2,1-2H3,(H,27,30)(H,28,32)(H,29,31). The number of aryl methyl sites for hydroxylation is 1. The van der Waals surface area contributed by atoms with Crippen molar-refractivity contribution in [3.05, 3.63) is 89.5 Å². The van der Waals surface area contributed by atoms with Gasteiger partial charge in [0.1, 0.15) is 0 Å². The molecule has 0 saturated heterocycles. The molecule has 3 amide bonds. The summed E-state index contributed by atoms with van der Waals surface area (Å²) >= 11 is 0. The van der Waals surface area contributed by atoms with Crippen molar-refractivity contribution in [2.45, 2.75) is 20.3 Å². The highest BCUT2D eigenvalue weighted by molar-refractivity contribution is 6.07. The molecule has 0 bridgehead atoms. The molecule has 0 radical (unpaired) electrons. The minimum absolute atomic E-state index is 0.00670. The third-order valence-corrected chi connectivity index (χ3v) is 5.62. The highest BCUT2D eigenvalue weighted by atomic mass is 16.2. The zero-order valence-corrected chi connectivity index (χ0v) is 18.0. The maximum Gasteiger partial charge on any atom is 0.255 e. The first-order chi connectivity index (χ1) is 15.4. The van der Waals surface area contributed by atoms with Gasteiger partial charge in [-0.15, -0.1) is 0 Å². The molecule has 2 atom stereocenters. The molecule has 1 aliphatic carbocycles. The molecule has 1 saturated carbocycles.